The number of rotatable bonds is 5. The molecule has 5 rings (SSSR count). The summed E-state index contributed by atoms with van der Waals surface area (Å²) in [6.45, 7) is 0.258. The zero-order valence-electron chi connectivity index (χ0n) is 14.2. The SMILES string of the molecule is O=C(NCc1nnc2cc(-c3nc(C4CC4)no3)ccn12)c1ccncc1. The van der Waals surface area contributed by atoms with E-state index in [0.29, 0.717) is 28.8 Å². The van der Waals surface area contributed by atoms with Gasteiger partial charge in [0.1, 0.15) is 0 Å². The van der Waals surface area contributed by atoms with Crippen molar-refractivity contribution < 1.29 is 9.32 Å². The van der Waals surface area contributed by atoms with Crippen molar-refractivity contribution in [3.8, 4) is 11.5 Å². The molecule has 0 spiro atoms. The van der Waals surface area contributed by atoms with Crippen LogP contribution in [0, 0.1) is 0 Å². The first-order chi connectivity index (χ1) is 13.3. The normalized spacial score (nSPS) is 13.8. The topological polar surface area (TPSA) is 111 Å². The molecule has 4 heterocycles. The van der Waals surface area contributed by atoms with E-state index in [9.17, 15) is 4.79 Å². The van der Waals surface area contributed by atoms with Crippen molar-refractivity contribution in [2.24, 2.45) is 0 Å². The van der Waals surface area contributed by atoms with Crippen LogP contribution in [-0.2, 0) is 6.54 Å². The van der Waals surface area contributed by atoms with Crippen molar-refractivity contribution in [2.75, 3.05) is 0 Å². The van der Waals surface area contributed by atoms with E-state index in [1.54, 1.807) is 24.5 Å². The van der Waals surface area contributed by atoms with Crippen LogP contribution in [0.15, 0.2) is 47.4 Å². The molecular formula is C18H15N7O2. The Bertz CT molecular complexity index is 1120. The number of carbonyl (C=O) groups is 1. The van der Waals surface area contributed by atoms with Gasteiger partial charge in [0, 0.05) is 35.6 Å². The molecule has 9 heteroatoms. The summed E-state index contributed by atoms with van der Waals surface area (Å²) in [7, 11) is 0. The van der Waals surface area contributed by atoms with Crippen LogP contribution >= 0.6 is 0 Å². The van der Waals surface area contributed by atoms with Crippen molar-refractivity contribution in [2.45, 2.75) is 25.3 Å². The highest BCUT2D eigenvalue weighted by Crippen LogP contribution is 2.38. The molecule has 1 aliphatic rings. The average Bonchev–Trinajstić information content (AvgIpc) is 3.30. The molecule has 4 aromatic heterocycles. The van der Waals surface area contributed by atoms with Gasteiger partial charge in [-0.2, -0.15) is 4.98 Å². The molecule has 1 amide bonds. The second-order valence-corrected chi connectivity index (χ2v) is 6.41. The lowest BCUT2D eigenvalue weighted by atomic mass is 10.2. The van der Waals surface area contributed by atoms with Crippen LogP contribution < -0.4 is 5.32 Å². The number of nitrogens with one attached hydrogen (secondary N) is 1. The molecule has 1 aliphatic carbocycles. The molecule has 134 valence electrons. The predicted octanol–water partition coefficient (Wildman–Crippen LogP) is 1.98. The maximum Gasteiger partial charge on any atom is 0.258 e. The number of amides is 1. The zero-order valence-corrected chi connectivity index (χ0v) is 14.2. The molecular weight excluding hydrogens is 346 g/mol. The van der Waals surface area contributed by atoms with E-state index < -0.39 is 0 Å². The third kappa shape index (κ3) is 3.03. The Morgan fingerprint density at radius 2 is 2.07 bits per heavy atom. The number of nitrogens with zero attached hydrogens (tertiary/aromatic N) is 6. The first-order valence-corrected chi connectivity index (χ1v) is 8.64. The van der Waals surface area contributed by atoms with Gasteiger partial charge in [-0.15, -0.1) is 10.2 Å². The standard InChI is InChI=1S/C18H15N7O2/c26-17(12-3-6-19-7-4-12)20-10-15-23-22-14-9-13(5-8-25(14)15)18-21-16(24-27-18)11-1-2-11/h3-9,11H,1-2,10H2,(H,20,26). The van der Waals surface area contributed by atoms with Crippen molar-refractivity contribution in [1.29, 1.82) is 0 Å². The molecule has 27 heavy (non-hydrogen) atoms. The fourth-order valence-corrected chi connectivity index (χ4v) is 2.82. The summed E-state index contributed by atoms with van der Waals surface area (Å²) in [5.41, 5.74) is 1.98. The predicted molar refractivity (Wildman–Crippen MR) is 93.7 cm³/mol. The molecule has 0 radical (unpaired) electrons. The smallest absolute Gasteiger partial charge is 0.258 e. The number of hydrogen-bond acceptors (Lipinski definition) is 7. The molecule has 1 fully saturated rings. The van der Waals surface area contributed by atoms with E-state index in [1.807, 2.05) is 22.7 Å². The molecule has 1 N–H and O–H groups in total. The van der Waals surface area contributed by atoms with E-state index in [4.69, 9.17) is 4.52 Å². The van der Waals surface area contributed by atoms with Gasteiger partial charge < -0.3 is 9.84 Å². The van der Waals surface area contributed by atoms with Gasteiger partial charge in [-0.1, -0.05) is 5.16 Å². The number of pyridine rings is 2. The van der Waals surface area contributed by atoms with Crippen LogP contribution in [-0.4, -0.2) is 35.6 Å². The third-order valence-corrected chi connectivity index (χ3v) is 4.46. The van der Waals surface area contributed by atoms with Crippen LogP contribution in [0.5, 0.6) is 0 Å². The van der Waals surface area contributed by atoms with E-state index >= 15 is 0 Å². The monoisotopic (exact) mass is 361 g/mol. The van der Waals surface area contributed by atoms with Crippen LogP contribution in [0.2, 0.25) is 0 Å². The highest BCUT2D eigenvalue weighted by Gasteiger charge is 2.29. The van der Waals surface area contributed by atoms with Crippen LogP contribution in [0.25, 0.3) is 17.1 Å². The minimum absolute atomic E-state index is 0.191. The summed E-state index contributed by atoms with van der Waals surface area (Å²) in [5, 5.41) is 15.2. The molecule has 0 unspecified atom stereocenters. The maximum absolute atomic E-state index is 12.2. The fourth-order valence-electron chi connectivity index (χ4n) is 2.82. The van der Waals surface area contributed by atoms with E-state index in [0.717, 1.165) is 24.2 Å². The van der Waals surface area contributed by atoms with Gasteiger partial charge in [0.2, 0.25) is 0 Å². The number of carbonyl (C=O) groups excluding carboxylic acids is 1. The van der Waals surface area contributed by atoms with Gasteiger partial charge in [0.05, 0.1) is 6.54 Å². The van der Waals surface area contributed by atoms with Gasteiger partial charge in [0.15, 0.2) is 17.3 Å². The lowest BCUT2D eigenvalue weighted by Crippen LogP contribution is -2.23. The fraction of sp³-hybridized carbons (Fsp3) is 0.222. The van der Waals surface area contributed by atoms with E-state index in [1.165, 1.54) is 0 Å². The van der Waals surface area contributed by atoms with E-state index in [2.05, 4.69) is 30.6 Å². The molecule has 0 atom stereocenters. The first-order valence-electron chi connectivity index (χ1n) is 8.64. The Kier molecular flexibility index (Phi) is 3.63. The van der Waals surface area contributed by atoms with Crippen molar-refractivity contribution in [3.63, 3.8) is 0 Å². The summed E-state index contributed by atoms with van der Waals surface area (Å²) in [6.07, 6.45) is 7.23. The van der Waals surface area contributed by atoms with Gasteiger partial charge in [0.25, 0.3) is 11.8 Å². The number of hydrogen-bond donors (Lipinski definition) is 1. The Hall–Kier alpha value is -3.62. The molecule has 0 aliphatic heterocycles. The van der Waals surface area contributed by atoms with Crippen molar-refractivity contribution in [1.82, 2.24) is 35.0 Å². The second kappa shape index (κ2) is 6.27. The second-order valence-electron chi connectivity index (χ2n) is 6.41. The summed E-state index contributed by atoms with van der Waals surface area (Å²) in [4.78, 5) is 20.5. The Morgan fingerprint density at radius 1 is 1.22 bits per heavy atom. The molecule has 0 aromatic carbocycles. The zero-order chi connectivity index (χ0) is 18.2. The third-order valence-electron chi connectivity index (χ3n) is 4.46. The number of aromatic nitrogens is 6. The summed E-state index contributed by atoms with van der Waals surface area (Å²) >= 11 is 0. The van der Waals surface area contributed by atoms with E-state index in [-0.39, 0.29) is 12.5 Å². The highest BCUT2D eigenvalue weighted by molar-refractivity contribution is 5.93. The Balaban J connectivity index is 1.34. The Morgan fingerprint density at radius 3 is 2.89 bits per heavy atom. The minimum atomic E-state index is -0.191. The summed E-state index contributed by atoms with van der Waals surface area (Å²) in [6, 6.07) is 7.02. The molecule has 4 aromatic rings. The van der Waals surface area contributed by atoms with Gasteiger partial charge in [-0.3, -0.25) is 14.2 Å². The maximum atomic E-state index is 12.2. The summed E-state index contributed by atoms with van der Waals surface area (Å²) < 4.78 is 7.17. The highest BCUT2D eigenvalue weighted by atomic mass is 16.5. The molecule has 1 saturated carbocycles. The molecule has 0 bridgehead atoms. The average molecular weight is 361 g/mol. The van der Waals surface area contributed by atoms with Crippen LogP contribution in [0.3, 0.4) is 0 Å². The largest absolute Gasteiger partial charge is 0.345 e. The number of fused-ring (bicyclic) bond motifs is 1. The van der Waals surface area contributed by atoms with Crippen molar-refractivity contribution in [3.05, 3.63) is 60.1 Å². The first kappa shape index (κ1) is 15.6. The van der Waals surface area contributed by atoms with Crippen molar-refractivity contribution >= 4 is 11.6 Å². The lowest BCUT2D eigenvalue weighted by Gasteiger charge is -2.04. The quantitative estimate of drug-likeness (QED) is 0.578. The van der Waals surface area contributed by atoms with Gasteiger partial charge >= 0.3 is 0 Å². The summed E-state index contributed by atoms with van der Waals surface area (Å²) in [5.74, 6) is 2.13. The minimum Gasteiger partial charge on any atom is -0.345 e. The van der Waals surface area contributed by atoms with Gasteiger partial charge in [-0.25, -0.2) is 0 Å². The Labute approximate surface area is 153 Å². The molecule has 9 nitrogen and oxygen atoms in total. The molecule has 0 saturated heterocycles. The lowest BCUT2D eigenvalue weighted by molar-refractivity contribution is 0.0949. The van der Waals surface area contributed by atoms with Crippen LogP contribution in [0.1, 0.15) is 40.8 Å². The van der Waals surface area contributed by atoms with Crippen LogP contribution in [0.4, 0.5) is 0 Å². The van der Waals surface area contributed by atoms with Gasteiger partial charge in [-0.05, 0) is 37.1 Å².